The minimum absolute atomic E-state index is 0.0387. The van der Waals surface area contributed by atoms with Crippen LogP contribution in [0.2, 0.25) is 0 Å². The molecule has 0 saturated carbocycles. The SMILES string of the molecule is O=C(NC1CCN(C(=O)CNC(=O)c2ccc(Br)o2)CC1)c1ccccc1. The normalized spacial score (nSPS) is 14.6. The van der Waals surface area contributed by atoms with Crippen LogP contribution in [0.5, 0.6) is 0 Å². The predicted octanol–water partition coefficient (Wildman–Crippen LogP) is 2.19. The van der Waals surface area contributed by atoms with Crippen molar-refractivity contribution >= 4 is 33.7 Å². The highest BCUT2D eigenvalue weighted by molar-refractivity contribution is 9.10. The Morgan fingerprint density at radius 2 is 1.74 bits per heavy atom. The number of amides is 3. The minimum atomic E-state index is -0.431. The molecule has 1 aromatic carbocycles. The summed E-state index contributed by atoms with van der Waals surface area (Å²) in [5.41, 5.74) is 0.628. The summed E-state index contributed by atoms with van der Waals surface area (Å²) in [7, 11) is 0. The predicted molar refractivity (Wildman–Crippen MR) is 102 cm³/mol. The van der Waals surface area contributed by atoms with Crippen LogP contribution in [0.1, 0.15) is 33.8 Å². The monoisotopic (exact) mass is 433 g/mol. The van der Waals surface area contributed by atoms with Crippen LogP contribution < -0.4 is 10.6 Å². The van der Waals surface area contributed by atoms with Gasteiger partial charge >= 0.3 is 0 Å². The van der Waals surface area contributed by atoms with Crippen molar-refractivity contribution in [1.82, 2.24) is 15.5 Å². The lowest BCUT2D eigenvalue weighted by atomic mass is 10.0. The molecule has 1 aromatic heterocycles. The lowest BCUT2D eigenvalue weighted by Gasteiger charge is -2.32. The number of halogens is 1. The van der Waals surface area contributed by atoms with Gasteiger partial charge in [0.2, 0.25) is 5.91 Å². The molecule has 2 aromatic rings. The summed E-state index contributed by atoms with van der Waals surface area (Å²) in [5.74, 6) is -0.532. The molecule has 0 atom stereocenters. The summed E-state index contributed by atoms with van der Waals surface area (Å²) in [4.78, 5) is 38.1. The van der Waals surface area contributed by atoms with Crippen molar-refractivity contribution in [2.24, 2.45) is 0 Å². The van der Waals surface area contributed by atoms with Gasteiger partial charge in [0.15, 0.2) is 10.4 Å². The third-order valence-electron chi connectivity index (χ3n) is 4.42. The molecule has 142 valence electrons. The number of rotatable bonds is 5. The maximum Gasteiger partial charge on any atom is 0.287 e. The first-order valence-corrected chi connectivity index (χ1v) is 9.49. The summed E-state index contributed by atoms with van der Waals surface area (Å²) in [6, 6.07) is 12.2. The van der Waals surface area contributed by atoms with Crippen LogP contribution in [0.4, 0.5) is 0 Å². The quantitative estimate of drug-likeness (QED) is 0.755. The second-order valence-electron chi connectivity index (χ2n) is 6.28. The largest absolute Gasteiger partial charge is 0.444 e. The molecule has 2 N–H and O–H groups in total. The summed E-state index contributed by atoms with van der Waals surface area (Å²) < 4.78 is 5.61. The van der Waals surface area contributed by atoms with Crippen molar-refractivity contribution in [3.63, 3.8) is 0 Å². The lowest BCUT2D eigenvalue weighted by Crippen LogP contribution is -2.49. The molecule has 1 aliphatic heterocycles. The van der Waals surface area contributed by atoms with E-state index in [9.17, 15) is 14.4 Å². The number of piperidine rings is 1. The third kappa shape index (κ3) is 5.19. The number of carbonyl (C=O) groups excluding carboxylic acids is 3. The third-order valence-corrected chi connectivity index (χ3v) is 4.84. The fraction of sp³-hybridized carbons (Fsp3) is 0.316. The summed E-state index contributed by atoms with van der Waals surface area (Å²) in [6.45, 7) is 1.000. The molecular weight excluding hydrogens is 414 g/mol. The molecule has 0 aliphatic carbocycles. The van der Waals surface area contributed by atoms with Gasteiger partial charge in [-0.2, -0.15) is 0 Å². The molecular formula is C19H20BrN3O4. The Morgan fingerprint density at radius 1 is 1.04 bits per heavy atom. The lowest BCUT2D eigenvalue weighted by molar-refractivity contribution is -0.131. The second-order valence-corrected chi connectivity index (χ2v) is 7.06. The van der Waals surface area contributed by atoms with Crippen molar-refractivity contribution in [3.05, 3.63) is 58.5 Å². The van der Waals surface area contributed by atoms with E-state index in [0.29, 0.717) is 36.2 Å². The molecule has 0 bridgehead atoms. The van der Waals surface area contributed by atoms with Gasteiger partial charge in [-0.1, -0.05) is 18.2 Å². The van der Waals surface area contributed by atoms with Crippen molar-refractivity contribution in [3.8, 4) is 0 Å². The Kier molecular flexibility index (Phi) is 6.28. The van der Waals surface area contributed by atoms with Crippen LogP contribution >= 0.6 is 15.9 Å². The Hall–Kier alpha value is -2.61. The molecule has 1 saturated heterocycles. The van der Waals surface area contributed by atoms with Crippen LogP contribution in [-0.2, 0) is 4.79 Å². The maximum atomic E-state index is 12.3. The zero-order valence-corrected chi connectivity index (χ0v) is 16.2. The van der Waals surface area contributed by atoms with Crippen LogP contribution in [0, 0.1) is 0 Å². The van der Waals surface area contributed by atoms with E-state index in [0.717, 1.165) is 0 Å². The first-order chi connectivity index (χ1) is 13.0. The highest BCUT2D eigenvalue weighted by Crippen LogP contribution is 2.14. The fourth-order valence-electron chi connectivity index (χ4n) is 2.92. The fourth-order valence-corrected chi connectivity index (χ4v) is 3.23. The number of nitrogens with zero attached hydrogens (tertiary/aromatic N) is 1. The van der Waals surface area contributed by atoms with Crippen molar-refractivity contribution in [1.29, 1.82) is 0 Å². The molecule has 3 amide bonds. The number of benzene rings is 1. The smallest absolute Gasteiger partial charge is 0.287 e. The van der Waals surface area contributed by atoms with Crippen LogP contribution in [0.25, 0.3) is 0 Å². The van der Waals surface area contributed by atoms with Gasteiger partial charge in [0.05, 0.1) is 6.54 Å². The van der Waals surface area contributed by atoms with Crippen LogP contribution in [-0.4, -0.2) is 48.3 Å². The number of furan rings is 1. The average Bonchev–Trinajstić information content (AvgIpc) is 3.13. The average molecular weight is 434 g/mol. The zero-order chi connectivity index (χ0) is 19.2. The van der Waals surface area contributed by atoms with Gasteiger partial charge < -0.3 is 20.0 Å². The van der Waals surface area contributed by atoms with E-state index >= 15 is 0 Å². The van der Waals surface area contributed by atoms with E-state index in [4.69, 9.17) is 4.42 Å². The molecule has 0 unspecified atom stereocenters. The molecule has 0 radical (unpaired) electrons. The highest BCUT2D eigenvalue weighted by Gasteiger charge is 2.24. The van der Waals surface area contributed by atoms with Gasteiger partial charge in [0, 0.05) is 24.7 Å². The van der Waals surface area contributed by atoms with Crippen LogP contribution in [0.15, 0.2) is 51.6 Å². The number of nitrogens with one attached hydrogen (secondary N) is 2. The Bertz CT molecular complexity index is 813. The van der Waals surface area contributed by atoms with Crippen molar-refractivity contribution in [2.45, 2.75) is 18.9 Å². The van der Waals surface area contributed by atoms with E-state index in [1.54, 1.807) is 23.1 Å². The number of likely N-dealkylation sites (tertiary alicyclic amines) is 1. The Labute approximate surface area is 165 Å². The van der Waals surface area contributed by atoms with Gasteiger partial charge in [-0.3, -0.25) is 14.4 Å². The van der Waals surface area contributed by atoms with E-state index in [1.807, 2.05) is 18.2 Å². The van der Waals surface area contributed by atoms with Crippen molar-refractivity contribution in [2.75, 3.05) is 19.6 Å². The van der Waals surface area contributed by atoms with Gasteiger partial charge in [-0.05, 0) is 53.0 Å². The van der Waals surface area contributed by atoms with Gasteiger partial charge in [0.25, 0.3) is 11.8 Å². The van der Waals surface area contributed by atoms with E-state index in [-0.39, 0.29) is 30.2 Å². The van der Waals surface area contributed by atoms with E-state index in [1.165, 1.54) is 6.07 Å². The topological polar surface area (TPSA) is 91.7 Å². The molecule has 27 heavy (non-hydrogen) atoms. The van der Waals surface area contributed by atoms with E-state index < -0.39 is 5.91 Å². The molecule has 1 aliphatic rings. The second kappa shape index (κ2) is 8.85. The molecule has 0 spiro atoms. The van der Waals surface area contributed by atoms with Gasteiger partial charge in [-0.15, -0.1) is 0 Å². The van der Waals surface area contributed by atoms with E-state index in [2.05, 4.69) is 26.6 Å². The molecule has 3 rings (SSSR count). The zero-order valence-electron chi connectivity index (χ0n) is 14.6. The Morgan fingerprint density at radius 3 is 2.37 bits per heavy atom. The van der Waals surface area contributed by atoms with Crippen LogP contribution in [0.3, 0.4) is 0 Å². The Balaban J connectivity index is 1.41. The molecule has 1 fully saturated rings. The number of hydrogen-bond acceptors (Lipinski definition) is 4. The van der Waals surface area contributed by atoms with Crippen molar-refractivity contribution < 1.29 is 18.8 Å². The maximum absolute atomic E-state index is 12.3. The molecule has 2 heterocycles. The van der Waals surface area contributed by atoms with Gasteiger partial charge in [-0.25, -0.2) is 0 Å². The minimum Gasteiger partial charge on any atom is -0.444 e. The molecule has 7 nitrogen and oxygen atoms in total. The number of carbonyl (C=O) groups is 3. The number of hydrogen-bond donors (Lipinski definition) is 2. The van der Waals surface area contributed by atoms with Gasteiger partial charge in [0.1, 0.15) is 0 Å². The standard InChI is InChI=1S/C19H20BrN3O4/c20-16-7-6-15(27-16)19(26)21-12-17(24)23-10-8-14(9-11-23)22-18(25)13-4-2-1-3-5-13/h1-7,14H,8-12H2,(H,21,26)(H,22,25). The summed E-state index contributed by atoms with van der Waals surface area (Å²) in [6.07, 6.45) is 1.37. The summed E-state index contributed by atoms with van der Waals surface area (Å²) in [5, 5.41) is 5.57. The summed E-state index contributed by atoms with van der Waals surface area (Å²) >= 11 is 3.13. The first-order valence-electron chi connectivity index (χ1n) is 8.70. The highest BCUT2D eigenvalue weighted by atomic mass is 79.9. The first kappa shape index (κ1) is 19.2. The molecule has 8 heteroatoms.